The first-order valence-electron chi connectivity index (χ1n) is 7.52. The average Bonchev–Trinajstić information content (AvgIpc) is 2.89. The monoisotopic (exact) mass is 294 g/mol. The van der Waals surface area contributed by atoms with Gasteiger partial charge in [0.1, 0.15) is 12.1 Å². The standard InChI is InChI=1S/C17H18N4O/c1-11-16-14(5-7-18-11)17(20-10-19-16)22-13-3-4-15-12(9-13)6-8-21(15)2/h3-4,6,8-11,18H,5,7H2,1-2H3. The SMILES string of the molecule is CC1NCCc2c(Oc3ccc4c(ccn4C)c3)ncnc21. The molecule has 1 aliphatic rings. The van der Waals surface area contributed by atoms with Crippen molar-refractivity contribution in [2.24, 2.45) is 7.05 Å². The van der Waals surface area contributed by atoms with Crippen LogP contribution in [0.15, 0.2) is 36.8 Å². The average molecular weight is 294 g/mol. The number of nitrogens with one attached hydrogen (secondary N) is 1. The van der Waals surface area contributed by atoms with E-state index in [-0.39, 0.29) is 6.04 Å². The maximum Gasteiger partial charge on any atom is 0.225 e. The topological polar surface area (TPSA) is 52.0 Å². The molecule has 1 N–H and O–H groups in total. The van der Waals surface area contributed by atoms with Crippen LogP contribution in [-0.4, -0.2) is 21.1 Å². The van der Waals surface area contributed by atoms with Gasteiger partial charge in [-0.1, -0.05) is 0 Å². The lowest BCUT2D eigenvalue weighted by atomic mass is 10.0. The lowest BCUT2D eigenvalue weighted by Crippen LogP contribution is -2.29. The highest BCUT2D eigenvalue weighted by atomic mass is 16.5. The molecule has 0 amide bonds. The molecule has 1 atom stereocenters. The van der Waals surface area contributed by atoms with Crippen molar-refractivity contribution in [3.8, 4) is 11.6 Å². The van der Waals surface area contributed by atoms with Gasteiger partial charge in [-0.25, -0.2) is 9.97 Å². The predicted octanol–water partition coefficient (Wildman–Crippen LogP) is 2.97. The molecule has 0 fully saturated rings. The molecule has 2 aromatic heterocycles. The second kappa shape index (κ2) is 5.10. The summed E-state index contributed by atoms with van der Waals surface area (Å²) in [6, 6.07) is 8.44. The fourth-order valence-corrected chi connectivity index (χ4v) is 3.05. The summed E-state index contributed by atoms with van der Waals surface area (Å²) in [7, 11) is 2.04. The van der Waals surface area contributed by atoms with E-state index in [1.807, 2.05) is 25.4 Å². The number of nitrogens with zero attached hydrogens (tertiary/aromatic N) is 3. The smallest absolute Gasteiger partial charge is 0.225 e. The number of hydrogen-bond donors (Lipinski definition) is 1. The molecule has 1 aliphatic heterocycles. The number of ether oxygens (including phenoxy) is 1. The Morgan fingerprint density at radius 3 is 3.09 bits per heavy atom. The second-order valence-corrected chi connectivity index (χ2v) is 5.72. The number of rotatable bonds is 2. The fraction of sp³-hybridized carbons (Fsp3) is 0.294. The molecule has 22 heavy (non-hydrogen) atoms. The zero-order valence-electron chi connectivity index (χ0n) is 12.7. The van der Waals surface area contributed by atoms with E-state index in [0.717, 1.165) is 35.4 Å². The molecule has 1 unspecified atom stereocenters. The number of benzene rings is 1. The predicted molar refractivity (Wildman–Crippen MR) is 85.1 cm³/mol. The minimum atomic E-state index is 0.241. The third kappa shape index (κ3) is 2.14. The van der Waals surface area contributed by atoms with Gasteiger partial charge in [-0.05, 0) is 37.6 Å². The molecular weight excluding hydrogens is 276 g/mol. The van der Waals surface area contributed by atoms with Crippen molar-refractivity contribution in [1.29, 1.82) is 0 Å². The van der Waals surface area contributed by atoms with Crippen LogP contribution in [0.25, 0.3) is 10.9 Å². The maximum atomic E-state index is 6.05. The van der Waals surface area contributed by atoms with Gasteiger partial charge in [0.2, 0.25) is 5.88 Å². The van der Waals surface area contributed by atoms with Gasteiger partial charge in [0.25, 0.3) is 0 Å². The molecule has 112 valence electrons. The van der Waals surface area contributed by atoms with Gasteiger partial charge in [-0.2, -0.15) is 0 Å². The number of fused-ring (bicyclic) bond motifs is 2. The summed E-state index contributed by atoms with van der Waals surface area (Å²) < 4.78 is 8.15. The van der Waals surface area contributed by atoms with E-state index in [9.17, 15) is 0 Å². The van der Waals surface area contributed by atoms with Gasteiger partial charge in [0.05, 0.1) is 5.69 Å². The summed E-state index contributed by atoms with van der Waals surface area (Å²) in [5.41, 5.74) is 3.34. The van der Waals surface area contributed by atoms with Gasteiger partial charge in [0, 0.05) is 42.3 Å². The minimum Gasteiger partial charge on any atom is -0.439 e. The van der Waals surface area contributed by atoms with Crippen molar-refractivity contribution in [2.75, 3.05) is 6.54 Å². The fourth-order valence-electron chi connectivity index (χ4n) is 3.05. The first kappa shape index (κ1) is 13.3. The van der Waals surface area contributed by atoms with E-state index in [1.165, 1.54) is 5.52 Å². The Morgan fingerprint density at radius 1 is 1.27 bits per heavy atom. The van der Waals surface area contributed by atoms with Crippen molar-refractivity contribution < 1.29 is 4.74 Å². The molecule has 0 aliphatic carbocycles. The molecule has 0 bridgehead atoms. The third-order valence-corrected chi connectivity index (χ3v) is 4.25. The van der Waals surface area contributed by atoms with Crippen molar-refractivity contribution in [3.63, 3.8) is 0 Å². The van der Waals surface area contributed by atoms with Gasteiger partial charge in [-0.15, -0.1) is 0 Å². The lowest BCUT2D eigenvalue weighted by Gasteiger charge is -2.23. The normalized spacial score (nSPS) is 17.5. The zero-order valence-corrected chi connectivity index (χ0v) is 12.7. The highest BCUT2D eigenvalue weighted by Gasteiger charge is 2.21. The minimum absolute atomic E-state index is 0.241. The van der Waals surface area contributed by atoms with Crippen LogP contribution in [0.1, 0.15) is 24.2 Å². The Kier molecular flexibility index (Phi) is 3.08. The lowest BCUT2D eigenvalue weighted by molar-refractivity contribution is 0.436. The summed E-state index contributed by atoms with van der Waals surface area (Å²) >= 11 is 0. The highest BCUT2D eigenvalue weighted by Crippen LogP contribution is 2.31. The van der Waals surface area contributed by atoms with E-state index in [1.54, 1.807) is 6.33 Å². The van der Waals surface area contributed by atoms with Crippen molar-refractivity contribution in [1.82, 2.24) is 19.9 Å². The molecule has 0 saturated heterocycles. The van der Waals surface area contributed by atoms with Gasteiger partial charge in [0.15, 0.2) is 0 Å². The summed E-state index contributed by atoms with van der Waals surface area (Å²) in [5.74, 6) is 1.49. The van der Waals surface area contributed by atoms with E-state index >= 15 is 0 Å². The van der Waals surface area contributed by atoms with Gasteiger partial charge >= 0.3 is 0 Å². The zero-order chi connectivity index (χ0) is 15.1. The number of aromatic nitrogens is 3. The Balaban J connectivity index is 1.72. The van der Waals surface area contributed by atoms with Crippen LogP contribution in [0.2, 0.25) is 0 Å². The molecule has 0 radical (unpaired) electrons. The van der Waals surface area contributed by atoms with Crippen LogP contribution in [0.4, 0.5) is 0 Å². The van der Waals surface area contributed by atoms with E-state index in [4.69, 9.17) is 4.74 Å². The Hall–Kier alpha value is -2.40. The summed E-state index contributed by atoms with van der Waals surface area (Å²) in [4.78, 5) is 8.74. The van der Waals surface area contributed by atoms with Crippen molar-refractivity contribution >= 4 is 10.9 Å². The van der Waals surface area contributed by atoms with Crippen LogP contribution in [-0.2, 0) is 13.5 Å². The van der Waals surface area contributed by atoms with E-state index in [0.29, 0.717) is 5.88 Å². The molecule has 3 heterocycles. The highest BCUT2D eigenvalue weighted by molar-refractivity contribution is 5.81. The van der Waals surface area contributed by atoms with Crippen LogP contribution in [0.5, 0.6) is 11.6 Å². The largest absolute Gasteiger partial charge is 0.439 e. The second-order valence-electron chi connectivity index (χ2n) is 5.72. The number of hydrogen-bond acceptors (Lipinski definition) is 4. The van der Waals surface area contributed by atoms with E-state index in [2.05, 4.69) is 38.9 Å². The Morgan fingerprint density at radius 2 is 2.18 bits per heavy atom. The maximum absolute atomic E-state index is 6.05. The van der Waals surface area contributed by atoms with Crippen molar-refractivity contribution in [2.45, 2.75) is 19.4 Å². The first-order chi connectivity index (χ1) is 10.7. The van der Waals surface area contributed by atoms with Crippen LogP contribution >= 0.6 is 0 Å². The van der Waals surface area contributed by atoms with Crippen LogP contribution in [0.3, 0.4) is 0 Å². The Labute approximate surface area is 129 Å². The molecule has 5 nitrogen and oxygen atoms in total. The molecule has 1 aromatic carbocycles. The van der Waals surface area contributed by atoms with Crippen LogP contribution in [0, 0.1) is 0 Å². The van der Waals surface area contributed by atoms with Crippen molar-refractivity contribution in [3.05, 3.63) is 48.0 Å². The molecule has 4 rings (SSSR count). The van der Waals surface area contributed by atoms with Gasteiger partial charge < -0.3 is 14.6 Å². The summed E-state index contributed by atoms with van der Waals surface area (Å²) in [5, 5.41) is 4.57. The number of aryl methyl sites for hydroxylation is 1. The Bertz CT molecular complexity index is 840. The van der Waals surface area contributed by atoms with Gasteiger partial charge in [-0.3, -0.25) is 0 Å². The summed E-state index contributed by atoms with van der Waals surface area (Å²) in [6.45, 7) is 3.04. The third-order valence-electron chi connectivity index (χ3n) is 4.25. The molecular formula is C17H18N4O. The first-order valence-corrected chi connectivity index (χ1v) is 7.52. The molecule has 0 spiro atoms. The summed E-state index contributed by atoms with van der Waals surface area (Å²) in [6.07, 6.45) is 4.52. The van der Waals surface area contributed by atoms with E-state index < -0.39 is 0 Å². The molecule has 5 heteroatoms. The van der Waals surface area contributed by atoms with Crippen LogP contribution < -0.4 is 10.1 Å². The molecule has 3 aromatic rings. The quantitative estimate of drug-likeness (QED) is 0.789. The molecule has 0 saturated carbocycles.